The fourth-order valence-electron chi connectivity index (χ4n) is 7.59. The highest BCUT2D eigenvalue weighted by Gasteiger charge is 2.56. The van der Waals surface area contributed by atoms with E-state index in [1.54, 1.807) is 5.57 Å². The molecule has 0 saturated heterocycles. The summed E-state index contributed by atoms with van der Waals surface area (Å²) < 4.78 is 0. The number of fused-ring (bicyclic) bond motifs is 5. The highest BCUT2D eigenvalue weighted by molar-refractivity contribution is 5.39. The van der Waals surface area contributed by atoms with Crippen molar-refractivity contribution in [3.05, 3.63) is 35.5 Å². The largest absolute Gasteiger partial charge is 0.393 e. The Balaban J connectivity index is 1.57. The first kappa shape index (κ1) is 21.4. The Morgan fingerprint density at radius 2 is 1.69 bits per heavy atom. The summed E-state index contributed by atoms with van der Waals surface area (Å²) in [5.74, 6) is 4.38. The van der Waals surface area contributed by atoms with Crippen molar-refractivity contribution in [3.63, 3.8) is 0 Å². The van der Waals surface area contributed by atoms with Crippen molar-refractivity contribution in [2.75, 3.05) is 0 Å². The lowest BCUT2D eigenvalue weighted by Gasteiger charge is -2.55. The standard InChI is InChI=1S/C28H44O/c1-18(2)19(3)7-8-20(4)24-11-12-25-23-10-9-21-17-22(29)13-15-27(21,5)26(23)14-16-28(24,25)6/h7-10,18-20,22,24-26,29H,11-17H2,1-6H3/b8-7+/t19-,20+,22-,24+,25?,26+,27?,28+/m0/s1. The molecule has 1 heteroatoms. The molecule has 8 atom stereocenters. The Hall–Kier alpha value is -0.820. The van der Waals surface area contributed by atoms with Crippen LogP contribution in [0.5, 0.6) is 0 Å². The van der Waals surface area contributed by atoms with Crippen molar-refractivity contribution in [2.24, 2.45) is 46.3 Å². The van der Waals surface area contributed by atoms with Crippen molar-refractivity contribution >= 4 is 0 Å². The molecule has 2 unspecified atom stereocenters. The van der Waals surface area contributed by atoms with Crippen molar-refractivity contribution in [2.45, 2.75) is 92.6 Å². The summed E-state index contributed by atoms with van der Waals surface area (Å²) in [6, 6.07) is 0. The molecule has 4 aliphatic carbocycles. The lowest BCUT2D eigenvalue weighted by molar-refractivity contribution is 0.0382. The average molecular weight is 397 g/mol. The van der Waals surface area contributed by atoms with E-state index in [0.717, 1.165) is 36.5 Å². The van der Waals surface area contributed by atoms with E-state index in [0.29, 0.717) is 22.7 Å². The van der Waals surface area contributed by atoms with Gasteiger partial charge < -0.3 is 5.11 Å². The summed E-state index contributed by atoms with van der Waals surface area (Å²) in [5.41, 5.74) is 4.07. The van der Waals surface area contributed by atoms with Gasteiger partial charge in [-0.1, -0.05) is 77.0 Å². The van der Waals surface area contributed by atoms with Crippen LogP contribution in [-0.2, 0) is 0 Å². The monoisotopic (exact) mass is 396 g/mol. The number of aliphatic hydroxyl groups excluding tert-OH is 1. The molecule has 0 bridgehead atoms. The molecular formula is C28H44O. The van der Waals surface area contributed by atoms with Crippen LogP contribution in [0.1, 0.15) is 86.5 Å². The number of rotatable bonds is 4. The number of allylic oxidation sites excluding steroid dienone is 5. The first-order valence-corrected chi connectivity index (χ1v) is 12.4. The number of aliphatic hydroxyl groups is 1. The van der Waals surface area contributed by atoms with Gasteiger partial charge in [-0.2, -0.15) is 0 Å². The van der Waals surface area contributed by atoms with E-state index in [9.17, 15) is 5.11 Å². The third-order valence-corrected chi connectivity index (χ3v) is 10.0. The topological polar surface area (TPSA) is 20.2 Å². The Kier molecular flexibility index (Phi) is 5.69. The van der Waals surface area contributed by atoms with Gasteiger partial charge in [-0.15, -0.1) is 0 Å². The van der Waals surface area contributed by atoms with Gasteiger partial charge in [0.15, 0.2) is 0 Å². The van der Waals surface area contributed by atoms with Gasteiger partial charge in [0.25, 0.3) is 0 Å². The Morgan fingerprint density at radius 3 is 2.41 bits per heavy atom. The molecular weight excluding hydrogens is 352 g/mol. The molecule has 0 aromatic rings. The van der Waals surface area contributed by atoms with Gasteiger partial charge in [0.1, 0.15) is 0 Å². The van der Waals surface area contributed by atoms with Crippen LogP contribution in [-0.4, -0.2) is 11.2 Å². The summed E-state index contributed by atoms with van der Waals surface area (Å²) in [4.78, 5) is 0. The molecule has 4 rings (SSSR count). The number of hydrogen-bond acceptors (Lipinski definition) is 1. The average Bonchev–Trinajstić information content (AvgIpc) is 3.03. The summed E-state index contributed by atoms with van der Waals surface area (Å²) in [6.45, 7) is 14.6. The zero-order valence-electron chi connectivity index (χ0n) is 19.7. The summed E-state index contributed by atoms with van der Waals surface area (Å²) >= 11 is 0. The minimum Gasteiger partial charge on any atom is -0.393 e. The van der Waals surface area contributed by atoms with Crippen LogP contribution in [0.2, 0.25) is 0 Å². The van der Waals surface area contributed by atoms with Crippen LogP contribution in [0, 0.1) is 46.3 Å². The molecule has 0 spiro atoms. The first-order valence-electron chi connectivity index (χ1n) is 12.4. The van der Waals surface area contributed by atoms with Crippen molar-refractivity contribution < 1.29 is 5.11 Å². The van der Waals surface area contributed by atoms with Gasteiger partial charge in [0, 0.05) is 0 Å². The van der Waals surface area contributed by atoms with E-state index < -0.39 is 0 Å². The smallest absolute Gasteiger partial charge is 0.0578 e. The van der Waals surface area contributed by atoms with Crippen LogP contribution in [0.4, 0.5) is 0 Å². The lowest BCUT2D eigenvalue weighted by Crippen LogP contribution is -2.46. The third-order valence-electron chi connectivity index (χ3n) is 10.0. The molecule has 0 amide bonds. The zero-order valence-corrected chi connectivity index (χ0v) is 19.7. The minimum absolute atomic E-state index is 0.116. The third kappa shape index (κ3) is 3.50. The molecule has 0 aromatic heterocycles. The fraction of sp³-hybridized carbons (Fsp3) is 0.786. The van der Waals surface area contributed by atoms with E-state index in [-0.39, 0.29) is 6.10 Å². The van der Waals surface area contributed by atoms with Gasteiger partial charge in [0.2, 0.25) is 0 Å². The Morgan fingerprint density at radius 1 is 0.931 bits per heavy atom. The molecule has 29 heavy (non-hydrogen) atoms. The van der Waals surface area contributed by atoms with Crippen LogP contribution in [0.15, 0.2) is 35.5 Å². The molecule has 0 heterocycles. The molecule has 0 aliphatic heterocycles. The molecule has 0 aromatic carbocycles. The SMILES string of the molecule is CC(C)[C@@H](C)/C=C/[C@@H](C)[C@H]1CCC2C3=CC=C4C[C@@H](O)CCC4(C)[C@@H]3CC[C@@]21C. The second-order valence-electron chi connectivity index (χ2n) is 11.9. The molecule has 3 fully saturated rings. The van der Waals surface area contributed by atoms with Gasteiger partial charge in [-0.25, -0.2) is 0 Å². The number of hydrogen-bond donors (Lipinski definition) is 1. The predicted molar refractivity (Wildman–Crippen MR) is 123 cm³/mol. The lowest BCUT2D eigenvalue weighted by atomic mass is 9.50. The predicted octanol–water partition coefficient (Wildman–Crippen LogP) is 7.33. The first-order chi connectivity index (χ1) is 13.7. The summed E-state index contributed by atoms with van der Waals surface area (Å²) in [7, 11) is 0. The second kappa shape index (κ2) is 7.70. The van der Waals surface area contributed by atoms with Crippen molar-refractivity contribution in [3.8, 4) is 0 Å². The highest BCUT2D eigenvalue weighted by Crippen LogP contribution is 2.65. The normalized spacial score (nSPS) is 44.0. The van der Waals surface area contributed by atoms with E-state index in [4.69, 9.17) is 0 Å². The van der Waals surface area contributed by atoms with Gasteiger partial charge >= 0.3 is 0 Å². The molecule has 162 valence electrons. The van der Waals surface area contributed by atoms with E-state index in [1.807, 2.05) is 0 Å². The maximum absolute atomic E-state index is 10.2. The van der Waals surface area contributed by atoms with Crippen molar-refractivity contribution in [1.29, 1.82) is 0 Å². The van der Waals surface area contributed by atoms with Crippen LogP contribution >= 0.6 is 0 Å². The molecule has 0 radical (unpaired) electrons. The maximum atomic E-state index is 10.2. The van der Waals surface area contributed by atoms with Gasteiger partial charge in [-0.3, -0.25) is 0 Å². The maximum Gasteiger partial charge on any atom is 0.0578 e. The fourth-order valence-corrected chi connectivity index (χ4v) is 7.59. The Labute approximate surface area is 179 Å². The zero-order chi connectivity index (χ0) is 21.0. The molecule has 1 nitrogen and oxygen atoms in total. The van der Waals surface area contributed by atoms with Crippen LogP contribution < -0.4 is 0 Å². The van der Waals surface area contributed by atoms with E-state index in [2.05, 4.69) is 65.8 Å². The van der Waals surface area contributed by atoms with Crippen LogP contribution in [0.25, 0.3) is 0 Å². The van der Waals surface area contributed by atoms with E-state index >= 15 is 0 Å². The quantitative estimate of drug-likeness (QED) is 0.493. The van der Waals surface area contributed by atoms with Gasteiger partial charge in [0.05, 0.1) is 6.10 Å². The molecule has 4 aliphatic rings. The molecule has 1 N–H and O–H groups in total. The molecule has 3 saturated carbocycles. The second-order valence-corrected chi connectivity index (χ2v) is 11.9. The van der Waals surface area contributed by atoms with Crippen molar-refractivity contribution in [1.82, 2.24) is 0 Å². The minimum atomic E-state index is -0.116. The summed E-state index contributed by atoms with van der Waals surface area (Å²) in [5, 5.41) is 10.2. The highest BCUT2D eigenvalue weighted by atomic mass is 16.3. The van der Waals surface area contributed by atoms with Crippen LogP contribution in [0.3, 0.4) is 0 Å². The van der Waals surface area contributed by atoms with E-state index in [1.165, 1.54) is 37.7 Å². The Bertz CT molecular complexity index is 712. The summed E-state index contributed by atoms with van der Waals surface area (Å²) in [6.07, 6.45) is 18.4. The van der Waals surface area contributed by atoms with Gasteiger partial charge in [-0.05, 0) is 91.3 Å².